The minimum Gasteiger partial charge on any atom is -0.481 e. The van der Waals surface area contributed by atoms with Gasteiger partial charge in [-0.05, 0) is 38.5 Å². The summed E-state index contributed by atoms with van der Waals surface area (Å²) in [6, 6.07) is 13.0. The third-order valence-corrected chi connectivity index (χ3v) is 3.39. The Morgan fingerprint density at radius 3 is 2.25 bits per heavy atom. The molecule has 104 valence electrons. The van der Waals surface area contributed by atoms with Crippen LogP contribution in [-0.4, -0.2) is 11.9 Å². The van der Waals surface area contributed by atoms with E-state index >= 15 is 0 Å². The normalized spacial score (nSPS) is 12.0. The highest BCUT2D eigenvalue weighted by molar-refractivity contribution is 6.32. The van der Waals surface area contributed by atoms with Crippen molar-refractivity contribution in [1.29, 1.82) is 0 Å². The summed E-state index contributed by atoms with van der Waals surface area (Å²) in [5.74, 6) is 0.479. The number of ketones is 1. The summed E-state index contributed by atoms with van der Waals surface area (Å²) >= 11 is 6.11. The summed E-state index contributed by atoms with van der Waals surface area (Å²) in [7, 11) is 0. The lowest BCUT2D eigenvalue weighted by Crippen LogP contribution is -2.24. The Labute approximate surface area is 124 Å². The topological polar surface area (TPSA) is 26.3 Å². The smallest absolute Gasteiger partial charge is 0.202 e. The van der Waals surface area contributed by atoms with Crippen LogP contribution in [0, 0.1) is 13.8 Å². The first-order valence-electron chi connectivity index (χ1n) is 6.51. The number of Topliss-reactive ketones (excluding diaryl/α,β-unsaturated/α-hetero) is 1. The SMILES string of the molecule is Cc1ccc(C(=O)C(C)Oc2ccc(C)cc2Cl)cc1. The quantitative estimate of drug-likeness (QED) is 0.768. The first-order chi connectivity index (χ1) is 9.47. The van der Waals surface area contributed by atoms with Gasteiger partial charge < -0.3 is 4.74 Å². The molecule has 1 unspecified atom stereocenters. The lowest BCUT2D eigenvalue weighted by molar-refractivity contribution is 0.0818. The average Bonchev–Trinajstić information content (AvgIpc) is 2.42. The van der Waals surface area contributed by atoms with Gasteiger partial charge in [-0.15, -0.1) is 0 Å². The highest BCUT2D eigenvalue weighted by Crippen LogP contribution is 2.26. The number of carbonyl (C=O) groups is 1. The van der Waals surface area contributed by atoms with Gasteiger partial charge in [0.1, 0.15) is 5.75 Å². The number of carbonyl (C=O) groups excluding carboxylic acids is 1. The van der Waals surface area contributed by atoms with Gasteiger partial charge in [0.25, 0.3) is 0 Å². The van der Waals surface area contributed by atoms with Gasteiger partial charge in [0.05, 0.1) is 5.02 Å². The van der Waals surface area contributed by atoms with E-state index in [0.29, 0.717) is 16.3 Å². The average molecular weight is 289 g/mol. The molecule has 0 bridgehead atoms. The van der Waals surface area contributed by atoms with Gasteiger partial charge in [-0.3, -0.25) is 4.79 Å². The van der Waals surface area contributed by atoms with Crippen molar-refractivity contribution in [1.82, 2.24) is 0 Å². The van der Waals surface area contributed by atoms with Gasteiger partial charge in [0.2, 0.25) is 5.78 Å². The maximum Gasteiger partial charge on any atom is 0.202 e. The third kappa shape index (κ3) is 3.40. The summed E-state index contributed by atoms with van der Waals surface area (Å²) in [5, 5.41) is 0.522. The van der Waals surface area contributed by atoms with Crippen LogP contribution < -0.4 is 4.74 Å². The Balaban J connectivity index is 2.13. The Kier molecular flexibility index (Phi) is 4.46. The molecule has 0 radical (unpaired) electrons. The van der Waals surface area contributed by atoms with Crippen LogP contribution in [0.1, 0.15) is 28.4 Å². The molecule has 0 spiro atoms. The van der Waals surface area contributed by atoms with Crippen molar-refractivity contribution in [2.45, 2.75) is 26.9 Å². The number of halogens is 1. The van der Waals surface area contributed by atoms with Gasteiger partial charge >= 0.3 is 0 Å². The molecule has 2 nitrogen and oxygen atoms in total. The Bertz CT molecular complexity index is 617. The van der Waals surface area contributed by atoms with E-state index in [0.717, 1.165) is 11.1 Å². The molecule has 1 atom stereocenters. The zero-order valence-corrected chi connectivity index (χ0v) is 12.6. The largest absolute Gasteiger partial charge is 0.481 e. The summed E-state index contributed by atoms with van der Waals surface area (Å²) in [6.45, 7) is 5.68. The second-order valence-electron chi connectivity index (χ2n) is 4.92. The van der Waals surface area contributed by atoms with Crippen molar-refractivity contribution in [3.05, 3.63) is 64.2 Å². The van der Waals surface area contributed by atoms with Crippen molar-refractivity contribution < 1.29 is 9.53 Å². The fourth-order valence-corrected chi connectivity index (χ4v) is 2.18. The highest BCUT2D eigenvalue weighted by Gasteiger charge is 2.17. The van der Waals surface area contributed by atoms with Crippen LogP contribution in [-0.2, 0) is 0 Å². The number of ether oxygens (including phenoxy) is 1. The van der Waals surface area contributed by atoms with Crippen LogP contribution in [0.5, 0.6) is 5.75 Å². The van der Waals surface area contributed by atoms with Crippen molar-refractivity contribution in [3.63, 3.8) is 0 Å². The number of benzene rings is 2. The van der Waals surface area contributed by atoms with Crippen molar-refractivity contribution >= 4 is 17.4 Å². The van der Waals surface area contributed by atoms with Crippen LogP contribution in [0.4, 0.5) is 0 Å². The van der Waals surface area contributed by atoms with Crippen LogP contribution in [0.15, 0.2) is 42.5 Å². The van der Waals surface area contributed by atoms with Crippen LogP contribution in [0.3, 0.4) is 0 Å². The van der Waals surface area contributed by atoms with Crippen molar-refractivity contribution in [2.24, 2.45) is 0 Å². The lowest BCUT2D eigenvalue weighted by Gasteiger charge is -2.15. The molecule has 0 N–H and O–H groups in total. The number of hydrogen-bond donors (Lipinski definition) is 0. The van der Waals surface area contributed by atoms with E-state index in [9.17, 15) is 4.79 Å². The van der Waals surface area contributed by atoms with Crippen LogP contribution >= 0.6 is 11.6 Å². The highest BCUT2D eigenvalue weighted by atomic mass is 35.5. The molecule has 2 aromatic carbocycles. The molecule has 0 amide bonds. The van der Waals surface area contributed by atoms with E-state index in [-0.39, 0.29) is 5.78 Å². The fourth-order valence-electron chi connectivity index (χ4n) is 1.90. The molecule has 0 aliphatic rings. The monoisotopic (exact) mass is 288 g/mol. The maximum atomic E-state index is 12.3. The molecule has 3 heteroatoms. The molecule has 2 rings (SSSR count). The second kappa shape index (κ2) is 6.10. The van der Waals surface area contributed by atoms with Gasteiger partial charge in [0, 0.05) is 5.56 Å². The van der Waals surface area contributed by atoms with E-state index in [2.05, 4.69) is 0 Å². The van der Waals surface area contributed by atoms with E-state index < -0.39 is 6.10 Å². The zero-order chi connectivity index (χ0) is 14.7. The summed E-state index contributed by atoms with van der Waals surface area (Å²) in [5.41, 5.74) is 2.82. The molecule has 0 aliphatic carbocycles. The molecular weight excluding hydrogens is 272 g/mol. The Morgan fingerprint density at radius 2 is 1.65 bits per heavy atom. The molecule has 0 saturated carbocycles. The predicted molar refractivity (Wildman–Crippen MR) is 81.8 cm³/mol. The third-order valence-electron chi connectivity index (χ3n) is 3.10. The zero-order valence-electron chi connectivity index (χ0n) is 11.8. The fraction of sp³-hybridized carbons (Fsp3) is 0.235. The number of hydrogen-bond acceptors (Lipinski definition) is 2. The molecule has 0 aliphatic heterocycles. The summed E-state index contributed by atoms with van der Waals surface area (Å²) in [6.07, 6.45) is -0.571. The summed E-state index contributed by atoms with van der Waals surface area (Å²) in [4.78, 5) is 12.3. The van der Waals surface area contributed by atoms with Gasteiger partial charge in [-0.1, -0.05) is 47.5 Å². The van der Waals surface area contributed by atoms with Crippen LogP contribution in [0.25, 0.3) is 0 Å². The van der Waals surface area contributed by atoms with E-state index in [4.69, 9.17) is 16.3 Å². The molecule has 0 heterocycles. The first-order valence-corrected chi connectivity index (χ1v) is 6.89. The number of rotatable bonds is 4. The van der Waals surface area contributed by atoms with E-state index in [1.807, 2.05) is 50.2 Å². The Hall–Kier alpha value is -1.80. The van der Waals surface area contributed by atoms with Crippen LogP contribution in [0.2, 0.25) is 5.02 Å². The Morgan fingerprint density at radius 1 is 1.05 bits per heavy atom. The van der Waals surface area contributed by atoms with E-state index in [1.165, 1.54) is 0 Å². The predicted octanol–water partition coefficient (Wildman–Crippen LogP) is 4.61. The summed E-state index contributed by atoms with van der Waals surface area (Å²) < 4.78 is 5.67. The number of aryl methyl sites for hydroxylation is 2. The molecular formula is C17H17ClO2. The van der Waals surface area contributed by atoms with Gasteiger partial charge in [-0.25, -0.2) is 0 Å². The van der Waals surface area contributed by atoms with Crippen molar-refractivity contribution in [3.8, 4) is 5.75 Å². The molecule has 0 aromatic heterocycles. The van der Waals surface area contributed by atoms with E-state index in [1.54, 1.807) is 13.0 Å². The molecule has 0 fully saturated rings. The molecule has 2 aromatic rings. The lowest BCUT2D eigenvalue weighted by atomic mass is 10.1. The minimum atomic E-state index is -0.571. The van der Waals surface area contributed by atoms with Gasteiger partial charge in [0.15, 0.2) is 6.10 Å². The van der Waals surface area contributed by atoms with Gasteiger partial charge in [-0.2, -0.15) is 0 Å². The molecule has 20 heavy (non-hydrogen) atoms. The van der Waals surface area contributed by atoms with Crippen molar-refractivity contribution in [2.75, 3.05) is 0 Å². The standard InChI is InChI=1S/C17H17ClO2/c1-11-4-7-14(8-5-11)17(19)13(3)20-16-9-6-12(2)10-15(16)18/h4-10,13H,1-3H3. The first kappa shape index (κ1) is 14.6. The molecule has 0 saturated heterocycles. The second-order valence-corrected chi connectivity index (χ2v) is 5.33. The minimum absolute atomic E-state index is 0.0540. The maximum absolute atomic E-state index is 12.3.